The lowest BCUT2D eigenvalue weighted by Crippen LogP contribution is -2.63. The minimum absolute atomic E-state index is 0.0339. The number of quaternary nitrogens is 1. The first kappa shape index (κ1) is 15.5. The second-order valence-electron chi connectivity index (χ2n) is 4.90. The number of carboxylic acid groups (broad SMARTS) is 2. The van der Waals surface area contributed by atoms with Crippen LogP contribution in [0.4, 0.5) is 15.3 Å². The number of nitrogens with zero attached hydrogens (tertiary/aromatic N) is 2. The van der Waals surface area contributed by atoms with Crippen molar-refractivity contribution in [1.82, 2.24) is 9.60 Å². The Balaban J connectivity index is 2.47. The summed E-state index contributed by atoms with van der Waals surface area (Å²) in [5.74, 6) is 0. The molecule has 1 atom stereocenters. The van der Waals surface area contributed by atoms with Crippen molar-refractivity contribution in [2.45, 2.75) is 6.54 Å². The smallest absolute Gasteiger partial charge is 0.462 e. The lowest BCUT2D eigenvalue weighted by atomic mass is 10.2. The van der Waals surface area contributed by atoms with Gasteiger partial charge in [-0.15, -0.1) is 5.01 Å². The van der Waals surface area contributed by atoms with Gasteiger partial charge in [-0.05, 0) is 5.56 Å². The molecule has 6 heteroatoms. The van der Waals surface area contributed by atoms with Gasteiger partial charge in [0, 0.05) is 12.1 Å². The molecule has 0 fully saturated rings. The van der Waals surface area contributed by atoms with Crippen molar-refractivity contribution in [3.8, 4) is 0 Å². The fraction of sp³-hybridized carbons (Fsp3) is 0.125. The molecule has 0 saturated heterocycles. The normalized spacial score (nSPS) is 13.1. The van der Waals surface area contributed by atoms with Crippen LogP contribution in [0.5, 0.6) is 0 Å². The molecule has 22 heavy (non-hydrogen) atoms. The number of rotatable bonds is 3. The molecule has 0 aliphatic rings. The van der Waals surface area contributed by atoms with E-state index in [1.54, 1.807) is 54.6 Å². The van der Waals surface area contributed by atoms with Gasteiger partial charge >= 0.3 is 12.2 Å². The molecule has 0 aliphatic carbocycles. The van der Waals surface area contributed by atoms with Crippen LogP contribution in [0.1, 0.15) is 5.56 Å². The third kappa shape index (κ3) is 2.91. The Morgan fingerprint density at radius 3 is 1.91 bits per heavy atom. The van der Waals surface area contributed by atoms with Crippen LogP contribution in [-0.4, -0.2) is 34.5 Å². The van der Waals surface area contributed by atoms with Crippen molar-refractivity contribution < 1.29 is 19.8 Å². The highest BCUT2D eigenvalue weighted by Gasteiger charge is 2.45. The highest BCUT2D eigenvalue weighted by molar-refractivity contribution is 5.83. The zero-order valence-corrected chi connectivity index (χ0v) is 12.1. The molecule has 114 valence electrons. The van der Waals surface area contributed by atoms with Gasteiger partial charge in [0.05, 0.1) is 0 Å². The summed E-state index contributed by atoms with van der Waals surface area (Å²) >= 11 is 0. The van der Waals surface area contributed by atoms with Crippen LogP contribution in [0.2, 0.25) is 0 Å². The molecule has 0 saturated carbocycles. The van der Waals surface area contributed by atoms with Crippen LogP contribution < -0.4 is 4.59 Å². The fourth-order valence-corrected chi connectivity index (χ4v) is 2.21. The summed E-state index contributed by atoms with van der Waals surface area (Å²) in [5, 5.41) is 20.1. The first-order chi connectivity index (χ1) is 10.5. The van der Waals surface area contributed by atoms with E-state index in [-0.39, 0.29) is 6.54 Å². The van der Waals surface area contributed by atoms with Gasteiger partial charge in [0.25, 0.3) is 0 Å². The van der Waals surface area contributed by atoms with Crippen molar-refractivity contribution in [2.75, 3.05) is 7.05 Å². The highest BCUT2D eigenvalue weighted by Crippen LogP contribution is 2.26. The van der Waals surface area contributed by atoms with Gasteiger partial charge < -0.3 is 10.2 Å². The van der Waals surface area contributed by atoms with Gasteiger partial charge in [0.15, 0.2) is 5.69 Å². The third-order valence-electron chi connectivity index (χ3n) is 3.51. The van der Waals surface area contributed by atoms with E-state index in [2.05, 4.69) is 0 Å². The van der Waals surface area contributed by atoms with E-state index < -0.39 is 16.8 Å². The average molecular weight is 301 g/mol. The molecule has 0 aromatic heterocycles. The van der Waals surface area contributed by atoms with Crippen molar-refractivity contribution >= 4 is 17.9 Å². The van der Waals surface area contributed by atoms with E-state index in [9.17, 15) is 19.8 Å². The van der Waals surface area contributed by atoms with Crippen LogP contribution in [0.15, 0.2) is 60.7 Å². The molecule has 0 spiro atoms. The largest absolute Gasteiger partial charge is 0.544 e. The van der Waals surface area contributed by atoms with E-state index >= 15 is 0 Å². The van der Waals surface area contributed by atoms with Gasteiger partial charge in [-0.25, -0.2) is 4.79 Å². The lowest BCUT2D eigenvalue weighted by Gasteiger charge is -2.35. The standard InChI is InChI=1S/C16H16N2O4/c1-18(16(21)22,14-10-6-3-7-11-14)17(15(19)20)12-13-8-4-2-5-9-13/h2-11H,12H2,1H3,(H-,19,20,21,22)/p+1. The average Bonchev–Trinajstić information content (AvgIpc) is 2.53. The summed E-state index contributed by atoms with van der Waals surface area (Å²) in [5.41, 5.74) is 1.07. The lowest BCUT2D eigenvalue weighted by molar-refractivity contribution is 0.0170. The van der Waals surface area contributed by atoms with Crippen LogP contribution in [0, 0.1) is 0 Å². The summed E-state index contributed by atoms with van der Waals surface area (Å²) in [6.07, 6.45) is -2.58. The third-order valence-corrected chi connectivity index (χ3v) is 3.51. The van der Waals surface area contributed by atoms with Crippen LogP contribution in [0.3, 0.4) is 0 Å². The number of hydrogen-bond donors (Lipinski definition) is 2. The first-order valence-electron chi connectivity index (χ1n) is 6.66. The molecule has 0 bridgehead atoms. The zero-order chi connectivity index (χ0) is 16.2. The summed E-state index contributed by atoms with van der Waals surface area (Å²) < 4.78 is -0.870. The molecular weight excluding hydrogens is 284 g/mol. The van der Waals surface area contributed by atoms with Crippen molar-refractivity contribution in [2.24, 2.45) is 0 Å². The molecular formula is C16H17N2O4+. The zero-order valence-electron chi connectivity index (χ0n) is 12.1. The number of amides is 2. The van der Waals surface area contributed by atoms with Gasteiger partial charge in [-0.1, -0.05) is 53.1 Å². The van der Waals surface area contributed by atoms with Gasteiger partial charge in [0.1, 0.15) is 13.6 Å². The van der Waals surface area contributed by atoms with E-state index in [0.717, 1.165) is 5.01 Å². The second-order valence-corrected chi connectivity index (χ2v) is 4.90. The Morgan fingerprint density at radius 1 is 0.955 bits per heavy atom. The number of para-hydroxylation sites is 1. The molecule has 2 aromatic carbocycles. The highest BCUT2D eigenvalue weighted by atomic mass is 16.4. The molecule has 0 heterocycles. The Labute approximate surface area is 128 Å². The first-order valence-corrected chi connectivity index (χ1v) is 6.66. The van der Waals surface area contributed by atoms with Gasteiger partial charge in [0.2, 0.25) is 0 Å². The number of carbonyl (C=O) groups is 2. The predicted molar refractivity (Wildman–Crippen MR) is 82.2 cm³/mol. The summed E-state index contributed by atoms with van der Waals surface area (Å²) in [6, 6.07) is 17.2. The van der Waals surface area contributed by atoms with Gasteiger partial charge in [-0.2, -0.15) is 4.79 Å². The van der Waals surface area contributed by atoms with Gasteiger partial charge in [-0.3, -0.25) is 0 Å². The minimum atomic E-state index is -1.31. The SMILES string of the molecule is C[N+](C(=O)O)(c1ccccc1)N(Cc1ccccc1)C(=O)O. The molecule has 0 aliphatic heterocycles. The monoisotopic (exact) mass is 301 g/mol. The summed E-state index contributed by atoms with van der Waals surface area (Å²) in [6.45, 7) is -0.0339. The molecule has 0 radical (unpaired) electrons. The molecule has 6 nitrogen and oxygen atoms in total. The quantitative estimate of drug-likeness (QED) is 0.673. The van der Waals surface area contributed by atoms with E-state index in [4.69, 9.17) is 0 Å². The maximum Gasteiger partial charge on any atom is 0.544 e. The van der Waals surface area contributed by atoms with Crippen molar-refractivity contribution in [3.05, 3.63) is 66.2 Å². The number of benzene rings is 2. The van der Waals surface area contributed by atoms with Crippen LogP contribution >= 0.6 is 0 Å². The van der Waals surface area contributed by atoms with Crippen LogP contribution in [-0.2, 0) is 6.54 Å². The number of hydrogen-bond acceptors (Lipinski definition) is 2. The molecule has 2 aromatic rings. The Hall–Kier alpha value is -2.86. The predicted octanol–water partition coefficient (Wildman–Crippen LogP) is 3.40. The Morgan fingerprint density at radius 2 is 1.45 bits per heavy atom. The maximum atomic E-state index is 11.8. The Kier molecular flexibility index (Phi) is 4.43. The molecule has 2 N–H and O–H groups in total. The van der Waals surface area contributed by atoms with Crippen LogP contribution in [0.25, 0.3) is 0 Å². The Bertz CT molecular complexity index is 660. The van der Waals surface area contributed by atoms with E-state index in [1.165, 1.54) is 7.05 Å². The maximum absolute atomic E-state index is 11.8. The van der Waals surface area contributed by atoms with Crippen molar-refractivity contribution in [1.29, 1.82) is 0 Å². The minimum Gasteiger partial charge on any atom is -0.462 e. The second kappa shape index (κ2) is 6.28. The molecule has 2 amide bonds. The molecule has 1 unspecified atom stereocenters. The van der Waals surface area contributed by atoms with Crippen molar-refractivity contribution in [3.63, 3.8) is 0 Å². The summed E-state index contributed by atoms with van der Waals surface area (Å²) in [7, 11) is 1.34. The summed E-state index contributed by atoms with van der Waals surface area (Å²) in [4.78, 5) is 23.5. The fourth-order valence-electron chi connectivity index (χ4n) is 2.21. The molecule has 2 rings (SSSR count). The van der Waals surface area contributed by atoms with E-state index in [1.807, 2.05) is 6.07 Å². The van der Waals surface area contributed by atoms with E-state index in [0.29, 0.717) is 11.3 Å². The topological polar surface area (TPSA) is 77.8 Å².